The highest BCUT2D eigenvalue weighted by atomic mass is 14.5. The minimum Gasteiger partial charge on any atom is -0.0622 e. The van der Waals surface area contributed by atoms with Crippen molar-refractivity contribution >= 4 is 0 Å². The van der Waals surface area contributed by atoms with Crippen molar-refractivity contribution in [2.75, 3.05) is 0 Å². The molecule has 2 aliphatic rings. The van der Waals surface area contributed by atoms with Crippen LogP contribution in [-0.2, 0) is 10.8 Å². The normalized spacial score (nSPS) is 14.0. The zero-order chi connectivity index (χ0) is 37.1. The van der Waals surface area contributed by atoms with Crippen LogP contribution in [0.1, 0.15) is 44.5 Å². The number of fused-ring (bicyclic) bond motifs is 6. The largest absolute Gasteiger partial charge is 0.0713 e. The van der Waals surface area contributed by atoms with Crippen LogP contribution in [0.25, 0.3) is 44.5 Å². The van der Waals surface area contributed by atoms with Crippen LogP contribution in [0.15, 0.2) is 231 Å². The van der Waals surface area contributed by atoms with Crippen molar-refractivity contribution in [3.63, 3.8) is 0 Å². The molecule has 0 N–H and O–H groups in total. The second-order valence-corrected chi connectivity index (χ2v) is 15.1. The summed E-state index contributed by atoms with van der Waals surface area (Å²) in [6, 6.07) is 85.4. The van der Waals surface area contributed by atoms with E-state index >= 15 is 0 Å². The molecule has 0 saturated heterocycles. The molecule has 0 heteroatoms. The monoisotopic (exact) mass is 710 g/mol. The van der Waals surface area contributed by atoms with Gasteiger partial charge in [-0.3, -0.25) is 0 Å². The molecule has 0 spiro atoms. The molecule has 0 aliphatic heterocycles. The number of hydrogen-bond donors (Lipinski definition) is 0. The van der Waals surface area contributed by atoms with Gasteiger partial charge in [-0.25, -0.2) is 0 Å². The molecule has 11 rings (SSSR count). The lowest BCUT2D eigenvalue weighted by Crippen LogP contribution is -2.28. The van der Waals surface area contributed by atoms with Crippen LogP contribution >= 0.6 is 0 Å². The van der Waals surface area contributed by atoms with Gasteiger partial charge in [0.25, 0.3) is 0 Å². The second kappa shape index (κ2) is 12.8. The van der Waals surface area contributed by atoms with Gasteiger partial charge >= 0.3 is 0 Å². The Hall–Kier alpha value is -7.02. The van der Waals surface area contributed by atoms with Gasteiger partial charge in [0.05, 0.1) is 10.8 Å². The number of hydrogen-bond acceptors (Lipinski definition) is 0. The minimum absolute atomic E-state index is 0.384. The van der Waals surface area contributed by atoms with Crippen LogP contribution in [-0.4, -0.2) is 0 Å². The zero-order valence-corrected chi connectivity index (χ0v) is 30.9. The maximum atomic E-state index is 2.34. The molecule has 0 fully saturated rings. The summed E-state index contributed by atoms with van der Waals surface area (Å²) < 4.78 is 0. The van der Waals surface area contributed by atoms with Crippen LogP contribution in [0.4, 0.5) is 0 Å². The molecule has 0 saturated carbocycles. The Labute approximate surface area is 329 Å². The maximum absolute atomic E-state index is 2.34. The summed E-state index contributed by atoms with van der Waals surface area (Å²) in [5.74, 6) is 0. The van der Waals surface area contributed by atoms with E-state index in [9.17, 15) is 0 Å². The van der Waals surface area contributed by atoms with Crippen molar-refractivity contribution in [2.45, 2.75) is 10.8 Å². The Kier molecular flexibility index (Phi) is 7.41. The molecule has 0 bridgehead atoms. The van der Waals surface area contributed by atoms with Gasteiger partial charge in [-0.1, -0.05) is 231 Å². The third-order valence-electron chi connectivity index (χ3n) is 12.5. The summed E-state index contributed by atoms with van der Waals surface area (Å²) in [5, 5.41) is 0. The molecule has 0 radical (unpaired) electrons. The first kappa shape index (κ1) is 32.4. The Balaban J connectivity index is 0.947. The van der Waals surface area contributed by atoms with Crippen molar-refractivity contribution in [2.24, 2.45) is 0 Å². The molecule has 262 valence electrons. The van der Waals surface area contributed by atoms with E-state index in [-0.39, 0.29) is 10.8 Å². The van der Waals surface area contributed by atoms with Crippen molar-refractivity contribution in [3.8, 4) is 44.5 Å². The highest BCUT2D eigenvalue weighted by molar-refractivity contribution is 5.88. The van der Waals surface area contributed by atoms with E-state index in [2.05, 4.69) is 231 Å². The molecule has 56 heavy (non-hydrogen) atoms. The molecule has 9 aromatic carbocycles. The van der Waals surface area contributed by atoms with E-state index in [4.69, 9.17) is 0 Å². The molecule has 0 atom stereocenters. The fraction of sp³-hybridized carbons (Fsp3) is 0.0357. The Morgan fingerprint density at radius 1 is 0.179 bits per heavy atom. The molecule has 0 heterocycles. The summed E-state index contributed by atoms with van der Waals surface area (Å²) in [6.07, 6.45) is 0. The molecular weight excluding hydrogens is 673 g/mol. The fourth-order valence-electron chi connectivity index (χ4n) is 10.1. The van der Waals surface area contributed by atoms with Gasteiger partial charge in [-0.15, -0.1) is 0 Å². The topological polar surface area (TPSA) is 0 Å². The molecule has 0 nitrogen and oxygen atoms in total. The Morgan fingerprint density at radius 2 is 0.393 bits per heavy atom. The Bertz CT molecular complexity index is 2570. The van der Waals surface area contributed by atoms with Gasteiger partial charge in [-0.05, 0) is 89.0 Å². The van der Waals surface area contributed by atoms with Crippen LogP contribution in [0.5, 0.6) is 0 Å². The summed E-state index contributed by atoms with van der Waals surface area (Å²) in [5.41, 5.74) is 19.8. The van der Waals surface area contributed by atoms with Crippen LogP contribution in [0.2, 0.25) is 0 Å². The van der Waals surface area contributed by atoms with Crippen molar-refractivity contribution in [1.82, 2.24) is 0 Å². The van der Waals surface area contributed by atoms with Crippen molar-refractivity contribution in [3.05, 3.63) is 275 Å². The van der Waals surface area contributed by atoms with E-state index in [0.717, 1.165) is 0 Å². The van der Waals surface area contributed by atoms with E-state index < -0.39 is 0 Å². The van der Waals surface area contributed by atoms with Gasteiger partial charge < -0.3 is 0 Å². The summed E-state index contributed by atoms with van der Waals surface area (Å²) >= 11 is 0. The Morgan fingerprint density at radius 3 is 0.679 bits per heavy atom. The van der Waals surface area contributed by atoms with Crippen molar-refractivity contribution < 1.29 is 0 Å². The molecular formula is C56H38. The average Bonchev–Trinajstić information content (AvgIpc) is 3.76. The van der Waals surface area contributed by atoms with Gasteiger partial charge in [-0.2, -0.15) is 0 Å². The average molecular weight is 711 g/mol. The molecule has 0 aromatic heterocycles. The van der Waals surface area contributed by atoms with Crippen molar-refractivity contribution in [1.29, 1.82) is 0 Å². The number of benzene rings is 9. The van der Waals surface area contributed by atoms with Crippen LogP contribution in [0.3, 0.4) is 0 Å². The lowest BCUT2D eigenvalue weighted by atomic mass is 9.67. The summed E-state index contributed by atoms with van der Waals surface area (Å²) in [6.45, 7) is 0. The second-order valence-electron chi connectivity index (χ2n) is 15.1. The third kappa shape index (κ3) is 4.60. The van der Waals surface area contributed by atoms with Gasteiger partial charge in [0.1, 0.15) is 0 Å². The predicted octanol–water partition coefficient (Wildman–Crippen LogP) is 13.7. The predicted molar refractivity (Wildman–Crippen MR) is 232 cm³/mol. The van der Waals surface area contributed by atoms with Gasteiger partial charge in [0.15, 0.2) is 0 Å². The van der Waals surface area contributed by atoms with E-state index in [1.165, 1.54) is 89.0 Å². The first-order valence-electron chi connectivity index (χ1n) is 19.6. The van der Waals surface area contributed by atoms with Gasteiger partial charge in [0.2, 0.25) is 0 Å². The number of rotatable bonds is 6. The first-order chi connectivity index (χ1) is 27.8. The highest BCUT2D eigenvalue weighted by Gasteiger charge is 2.47. The van der Waals surface area contributed by atoms with E-state index in [0.29, 0.717) is 0 Å². The minimum atomic E-state index is -0.384. The molecule has 0 unspecified atom stereocenters. The smallest absolute Gasteiger partial charge is 0.0622 e. The molecule has 0 amide bonds. The zero-order valence-electron chi connectivity index (χ0n) is 30.9. The summed E-state index contributed by atoms with van der Waals surface area (Å²) in [4.78, 5) is 0. The molecule has 9 aromatic rings. The quantitative estimate of drug-likeness (QED) is 0.161. The van der Waals surface area contributed by atoms with E-state index in [1.807, 2.05) is 0 Å². The maximum Gasteiger partial charge on any atom is 0.0713 e. The first-order valence-corrected chi connectivity index (χ1v) is 19.6. The lowest BCUT2D eigenvalue weighted by molar-refractivity contribution is 0.768. The van der Waals surface area contributed by atoms with Crippen LogP contribution < -0.4 is 0 Å². The highest BCUT2D eigenvalue weighted by Crippen LogP contribution is 2.57. The van der Waals surface area contributed by atoms with Crippen LogP contribution in [0, 0.1) is 0 Å². The third-order valence-corrected chi connectivity index (χ3v) is 12.5. The van der Waals surface area contributed by atoms with E-state index in [1.54, 1.807) is 0 Å². The molecule has 2 aliphatic carbocycles. The van der Waals surface area contributed by atoms with Gasteiger partial charge in [0, 0.05) is 0 Å². The standard InChI is InChI=1S/C56H38/c1-3-15-43(16-4-1)55(51-23-11-7-19-47(51)48-20-8-12-24-52(48)55)45-35-31-41(32-36-45)39-27-29-40(30-28-39)42-33-37-46(38-34-42)56(44-17-5-2-6-18-44)53-25-13-9-21-49(53)50-22-10-14-26-54(50)56/h1-38H. The summed E-state index contributed by atoms with van der Waals surface area (Å²) in [7, 11) is 0. The lowest BCUT2D eigenvalue weighted by Gasteiger charge is -2.34. The SMILES string of the molecule is c1ccc(C2(c3ccc(-c4ccc(-c5ccc(C6(c7ccccc7)c7ccccc7-c7ccccc76)cc5)cc4)cc3)c3ccccc3-c3ccccc32)cc1. The fourth-order valence-corrected chi connectivity index (χ4v) is 10.1.